The van der Waals surface area contributed by atoms with E-state index in [1.165, 1.54) is 18.2 Å². The van der Waals surface area contributed by atoms with Crippen molar-refractivity contribution in [1.29, 1.82) is 0 Å². The van der Waals surface area contributed by atoms with Crippen LogP contribution in [-0.2, 0) is 4.57 Å². The van der Waals surface area contributed by atoms with Crippen LogP contribution >= 0.6 is 30.2 Å². The van der Waals surface area contributed by atoms with Crippen molar-refractivity contribution in [2.24, 2.45) is 0 Å². The van der Waals surface area contributed by atoms with Gasteiger partial charge in [-0.3, -0.25) is 10.1 Å². The lowest BCUT2D eigenvalue weighted by Gasteiger charge is -2.17. The predicted molar refractivity (Wildman–Crippen MR) is 81.4 cm³/mol. The van der Waals surface area contributed by atoms with Crippen LogP contribution in [-0.4, -0.2) is 20.4 Å². The molecule has 19 heavy (non-hydrogen) atoms. The first-order valence-electron chi connectivity index (χ1n) is 5.66. The minimum absolute atomic E-state index is 0.00708. The van der Waals surface area contributed by atoms with Gasteiger partial charge in [0.15, 0.2) is 0 Å². The first-order chi connectivity index (χ1) is 8.80. The molecule has 2 atom stereocenters. The van der Waals surface area contributed by atoms with Gasteiger partial charge in [0.05, 0.1) is 11.1 Å². The molecule has 0 aliphatic carbocycles. The molecular weight excluding hydrogens is 384 g/mol. The maximum Gasteiger partial charge on any atom is 0.376 e. The molecule has 0 heterocycles. The van der Waals surface area contributed by atoms with Crippen molar-refractivity contribution in [3.63, 3.8) is 0 Å². The second-order valence-corrected chi connectivity index (χ2v) is 7.05. The van der Waals surface area contributed by atoms with Crippen molar-refractivity contribution in [2.75, 3.05) is 10.6 Å². The molecule has 0 saturated heterocycles. The highest BCUT2D eigenvalue weighted by Crippen LogP contribution is 2.45. The molecule has 0 radical (unpaired) electrons. The van der Waals surface area contributed by atoms with E-state index < -0.39 is 12.5 Å². The monoisotopic (exact) mass is 399 g/mol. The molecule has 1 aromatic rings. The number of alkyl halides is 1. The van der Waals surface area contributed by atoms with E-state index in [4.69, 9.17) is 4.52 Å². The highest BCUT2D eigenvalue weighted by Gasteiger charge is 2.23. The van der Waals surface area contributed by atoms with Crippen LogP contribution in [0.25, 0.3) is 0 Å². The number of nitro benzene ring substituents is 1. The summed E-state index contributed by atoms with van der Waals surface area (Å²) in [7, 11) is -3.68. The Labute approximate surface area is 125 Å². The van der Waals surface area contributed by atoms with Gasteiger partial charge in [0.1, 0.15) is 5.75 Å². The van der Waals surface area contributed by atoms with Crippen LogP contribution in [0.3, 0.4) is 0 Å². The van der Waals surface area contributed by atoms with Crippen molar-refractivity contribution in [3.05, 3.63) is 33.9 Å². The fourth-order valence-corrected chi connectivity index (χ4v) is 2.50. The Balaban J connectivity index is 3.23. The molecule has 0 bridgehead atoms. The minimum Gasteiger partial charge on any atom is -0.424 e. The highest BCUT2D eigenvalue weighted by molar-refractivity contribution is 14.1. The number of rotatable bonds is 6. The van der Waals surface area contributed by atoms with E-state index in [0.717, 1.165) is 4.43 Å². The van der Waals surface area contributed by atoms with E-state index in [9.17, 15) is 19.6 Å². The summed E-state index contributed by atoms with van der Waals surface area (Å²) in [6, 6.07) is 4.05. The maximum absolute atomic E-state index is 11.6. The van der Waals surface area contributed by atoms with Crippen LogP contribution in [0.1, 0.15) is 25.3 Å². The molecule has 1 aromatic carbocycles. The fraction of sp³-hybridized carbons (Fsp3) is 0.455. The molecule has 0 saturated carbocycles. The molecule has 0 aliphatic heterocycles. The summed E-state index contributed by atoms with van der Waals surface area (Å²) in [5.74, 6) is 0.231. The van der Waals surface area contributed by atoms with Crippen molar-refractivity contribution >= 4 is 35.9 Å². The summed E-state index contributed by atoms with van der Waals surface area (Å²) in [5, 5.41) is 10.8. The molecule has 0 aromatic heterocycles. The number of nitrogens with zero attached hydrogens (tertiary/aromatic N) is 1. The standard InChI is InChI=1S/C11H15INO5P/c1-3-19(16,17)18-11-5-4-9(13(14)15)6-10(11)8(2)7-12/h4-6,8H,3,7H2,1-2H3,(H,16,17). The second-order valence-electron chi connectivity index (χ2n) is 4.08. The zero-order chi connectivity index (χ0) is 14.6. The largest absolute Gasteiger partial charge is 0.424 e. The van der Waals surface area contributed by atoms with Gasteiger partial charge in [-0.25, -0.2) is 4.57 Å². The van der Waals surface area contributed by atoms with Gasteiger partial charge in [-0.05, 0) is 12.0 Å². The topological polar surface area (TPSA) is 89.7 Å². The summed E-state index contributed by atoms with van der Waals surface area (Å²) in [6.45, 7) is 3.43. The number of hydrogen-bond donors (Lipinski definition) is 1. The van der Waals surface area contributed by atoms with E-state index in [1.54, 1.807) is 6.92 Å². The van der Waals surface area contributed by atoms with E-state index in [2.05, 4.69) is 22.6 Å². The smallest absolute Gasteiger partial charge is 0.376 e. The van der Waals surface area contributed by atoms with Crippen LogP contribution in [0.5, 0.6) is 5.75 Å². The third kappa shape index (κ3) is 4.43. The van der Waals surface area contributed by atoms with Crippen LogP contribution in [0.15, 0.2) is 18.2 Å². The van der Waals surface area contributed by atoms with E-state index >= 15 is 0 Å². The molecule has 106 valence electrons. The van der Waals surface area contributed by atoms with E-state index in [1.807, 2.05) is 6.92 Å². The first-order valence-corrected chi connectivity index (χ1v) is 8.95. The maximum atomic E-state index is 11.6. The van der Waals surface area contributed by atoms with Crippen molar-refractivity contribution < 1.29 is 18.9 Å². The Hall–Kier alpha value is -0.660. The van der Waals surface area contributed by atoms with Crippen LogP contribution in [0.4, 0.5) is 5.69 Å². The van der Waals surface area contributed by atoms with Crippen LogP contribution < -0.4 is 4.52 Å². The predicted octanol–water partition coefficient (Wildman–Crippen LogP) is 3.72. The fourth-order valence-electron chi connectivity index (χ4n) is 1.42. The van der Waals surface area contributed by atoms with Crippen LogP contribution in [0.2, 0.25) is 0 Å². The summed E-state index contributed by atoms with van der Waals surface area (Å²) < 4.78 is 17.5. The number of non-ortho nitro benzene ring substituents is 1. The number of nitro groups is 1. The van der Waals surface area contributed by atoms with Gasteiger partial charge in [-0.15, -0.1) is 0 Å². The highest BCUT2D eigenvalue weighted by atomic mass is 127. The summed E-state index contributed by atoms with van der Waals surface area (Å²) in [6.07, 6.45) is -0.0119. The van der Waals surface area contributed by atoms with Crippen molar-refractivity contribution in [1.82, 2.24) is 0 Å². The average molecular weight is 399 g/mol. The molecule has 1 N–H and O–H groups in total. The number of halogens is 1. The molecule has 0 aliphatic rings. The van der Waals surface area contributed by atoms with Gasteiger partial charge in [0.2, 0.25) is 0 Å². The van der Waals surface area contributed by atoms with Crippen molar-refractivity contribution in [2.45, 2.75) is 19.8 Å². The molecule has 8 heteroatoms. The minimum atomic E-state index is -3.68. The summed E-state index contributed by atoms with van der Waals surface area (Å²) >= 11 is 2.15. The Morgan fingerprint density at radius 3 is 2.68 bits per heavy atom. The number of hydrogen-bond acceptors (Lipinski definition) is 4. The molecule has 0 amide bonds. The molecule has 0 spiro atoms. The zero-order valence-corrected chi connectivity index (χ0v) is 13.6. The van der Waals surface area contributed by atoms with Gasteiger partial charge in [0, 0.05) is 22.1 Å². The molecular formula is C11H15INO5P. The van der Waals surface area contributed by atoms with Gasteiger partial charge in [0.25, 0.3) is 5.69 Å². The molecule has 6 nitrogen and oxygen atoms in total. The van der Waals surface area contributed by atoms with Gasteiger partial charge in [-0.2, -0.15) is 0 Å². The normalized spacial score (nSPS) is 15.6. The van der Waals surface area contributed by atoms with Crippen LogP contribution in [0, 0.1) is 10.1 Å². The summed E-state index contributed by atoms with van der Waals surface area (Å²) in [4.78, 5) is 19.8. The quantitative estimate of drug-likeness (QED) is 0.259. The summed E-state index contributed by atoms with van der Waals surface area (Å²) in [5.41, 5.74) is 0.523. The first kappa shape index (κ1) is 16.4. The lowest BCUT2D eigenvalue weighted by molar-refractivity contribution is -0.384. The Kier molecular flexibility index (Phi) is 5.76. The Morgan fingerprint density at radius 2 is 2.21 bits per heavy atom. The third-order valence-corrected chi connectivity index (χ3v) is 5.21. The van der Waals surface area contributed by atoms with Crippen molar-refractivity contribution in [3.8, 4) is 5.75 Å². The zero-order valence-electron chi connectivity index (χ0n) is 10.6. The Bertz CT molecular complexity index is 522. The van der Waals surface area contributed by atoms with Gasteiger partial charge in [-0.1, -0.05) is 36.4 Å². The lowest BCUT2D eigenvalue weighted by atomic mass is 10.0. The lowest BCUT2D eigenvalue weighted by Crippen LogP contribution is -2.02. The number of benzene rings is 1. The molecule has 0 fully saturated rings. The SMILES string of the molecule is CCP(=O)(O)Oc1ccc([N+](=O)[O-])cc1C(C)CI. The third-order valence-electron chi connectivity index (χ3n) is 2.61. The van der Waals surface area contributed by atoms with E-state index in [0.29, 0.717) is 5.56 Å². The van der Waals surface area contributed by atoms with Gasteiger partial charge < -0.3 is 9.42 Å². The van der Waals surface area contributed by atoms with Gasteiger partial charge >= 0.3 is 7.60 Å². The Morgan fingerprint density at radius 1 is 1.58 bits per heavy atom. The second kappa shape index (κ2) is 6.67. The molecule has 1 rings (SSSR count). The van der Waals surface area contributed by atoms with E-state index in [-0.39, 0.29) is 23.5 Å². The molecule has 2 unspecified atom stereocenters. The average Bonchev–Trinajstić information content (AvgIpc) is 2.37.